The minimum Gasteiger partial charge on any atom is -0.409 e. The summed E-state index contributed by atoms with van der Waals surface area (Å²) < 4.78 is 0. The van der Waals surface area contributed by atoms with Crippen LogP contribution in [0.2, 0.25) is 0 Å². The highest BCUT2D eigenvalue weighted by Gasteiger charge is 2.22. The Labute approximate surface area is 113 Å². The van der Waals surface area contributed by atoms with E-state index < -0.39 is 5.60 Å². The monoisotopic (exact) mass is 266 g/mol. The van der Waals surface area contributed by atoms with Crippen molar-refractivity contribution in [3.05, 3.63) is 23.4 Å². The van der Waals surface area contributed by atoms with Crippen LogP contribution in [-0.4, -0.2) is 39.8 Å². The number of likely N-dealkylation sites (N-methyl/N-ethyl adjacent to an activating group) is 1. The highest BCUT2D eigenvalue weighted by atomic mass is 16.4. The number of hydrogen-bond donors (Lipinski definition) is 3. The van der Waals surface area contributed by atoms with Gasteiger partial charge in [-0.15, -0.1) is 0 Å². The molecule has 0 aliphatic carbocycles. The van der Waals surface area contributed by atoms with Gasteiger partial charge in [0.15, 0.2) is 5.84 Å². The lowest BCUT2D eigenvalue weighted by Gasteiger charge is -2.30. The van der Waals surface area contributed by atoms with Gasteiger partial charge in [-0.3, -0.25) is 0 Å². The van der Waals surface area contributed by atoms with Crippen molar-refractivity contribution in [2.24, 2.45) is 10.9 Å². The summed E-state index contributed by atoms with van der Waals surface area (Å²) in [6.07, 6.45) is 1.67. The van der Waals surface area contributed by atoms with Crippen molar-refractivity contribution in [1.29, 1.82) is 0 Å². The number of nitrogens with two attached hydrogens (primary N) is 1. The van der Waals surface area contributed by atoms with E-state index in [0.29, 0.717) is 24.5 Å². The Morgan fingerprint density at radius 2 is 2.16 bits per heavy atom. The maximum absolute atomic E-state index is 9.96. The molecular weight excluding hydrogens is 244 g/mol. The third kappa shape index (κ3) is 3.82. The number of aryl methyl sites for hydroxylation is 1. The Hall–Kier alpha value is -1.82. The van der Waals surface area contributed by atoms with Gasteiger partial charge in [0.25, 0.3) is 0 Å². The van der Waals surface area contributed by atoms with Crippen LogP contribution in [-0.2, 0) is 0 Å². The first-order valence-electron chi connectivity index (χ1n) is 6.21. The van der Waals surface area contributed by atoms with Gasteiger partial charge in [0.1, 0.15) is 5.82 Å². The number of amidine groups is 1. The number of pyridine rings is 1. The molecule has 0 aromatic carbocycles. The molecule has 0 spiro atoms. The Morgan fingerprint density at radius 3 is 2.63 bits per heavy atom. The number of nitrogens with zero attached hydrogens (tertiary/aromatic N) is 3. The molecule has 6 nitrogen and oxygen atoms in total. The standard InChI is InChI=1S/C13H22N4O2/c1-5-17(8-13(3,4)18)12-10(11(14)16-19)9(2)6-7-15-12/h6-7,18-19H,5,8H2,1-4H3,(H2,14,16). The first-order chi connectivity index (χ1) is 8.80. The molecule has 1 heterocycles. The fourth-order valence-electron chi connectivity index (χ4n) is 1.95. The zero-order chi connectivity index (χ0) is 14.6. The zero-order valence-corrected chi connectivity index (χ0v) is 11.9. The van der Waals surface area contributed by atoms with Crippen molar-refractivity contribution in [1.82, 2.24) is 4.98 Å². The first kappa shape index (κ1) is 15.2. The van der Waals surface area contributed by atoms with Crippen molar-refractivity contribution in [2.75, 3.05) is 18.0 Å². The average molecular weight is 266 g/mol. The molecule has 0 atom stereocenters. The molecule has 19 heavy (non-hydrogen) atoms. The van der Waals surface area contributed by atoms with E-state index in [9.17, 15) is 5.11 Å². The van der Waals surface area contributed by atoms with E-state index in [-0.39, 0.29) is 5.84 Å². The lowest BCUT2D eigenvalue weighted by molar-refractivity contribution is 0.0874. The molecule has 0 unspecified atom stereocenters. The smallest absolute Gasteiger partial charge is 0.174 e. The summed E-state index contributed by atoms with van der Waals surface area (Å²) >= 11 is 0. The van der Waals surface area contributed by atoms with Crippen LogP contribution in [0.15, 0.2) is 17.4 Å². The van der Waals surface area contributed by atoms with E-state index in [4.69, 9.17) is 10.9 Å². The fraction of sp³-hybridized carbons (Fsp3) is 0.538. The molecule has 0 saturated heterocycles. The Morgan fingerprint density at radius 1 is 1.53 bits per heavy atom. The molecule has 0 aliphatic heterocycles. The van der Waals surface area contributed by atoms with E-state index >= 15 is 0 Å². The van der Waals surface area contributed by atoms with Gasteiger partial charge in [-0.25, -0.2) is 4.98 Å². The molecule has 0 bridgehead atoms. The molecule has 6 heteroatoms. The van der Waals surface area contributed by atoms with Crippen LogP contribution in [0.4, 0.5) is 5.82 Å². The summed E-state index contributed by atoms with van der Waals surface area (Å²) in [6.45, 7) is 8.36. The second kappa shape index (κ2) is 5.88. The van der Waals surface area contributed by atoms with Crippen molar-refractivity contribution in [2.45, 2.75) is 33.3 Å². The van der Waals surface area contributed by atoms with Crippen LogP contribution < -0.4 is 10.6 Å². The Bertz CT molecular complexity index is 466. The predicted octanol–water partition coefficient (Wildman–Crippen LogP) is 1.08. The van der Waals surface area contributed by atoms with E-state index in [0.717, 1.165) is 5.56 Å². The van der Waals surface area contributed by atoms with E-state index in [1.807, 2.05) is 18.7 Å². The third-order valence-electron chi connectivity index (χ3n) is 2.76. The SMILES string of the molecule is CCN(CC(C)(C)O)c1nccc(C)c1/C(N)=N/O. The van der Waals surface area contributed by atoms with Crippen LogP contribution >= 0.6 is 0 Å². The highest BCUT2D eigenvalue weighted by molar-refractivity contribution is 6.02. The second-order valence-electron chi connectivity index (χ2n) is 5.14. The molecule has 4 N–H and O–H groups in total. The topological polar surface area (TPSA) is 95.0 Å². The molecule has 0 saturated carbocycles. The summed E-state index contributed by atoms with van der Waals surface area (Å²) in [5, 5.41) is 21.9. The first-order valence-corrected chi connectivity index (χ1v) is 6.21. The average Bonchev–Trinajstić information content (AvgIpc) is 2.33. The fourth-order valence-corrected chi connectivity index (χ4v) is 1.95. The number of aromatic nitrogens is 1. The number of oxime groups is 1. The minimum absolute atomic E-state index is 0.0230. The summed E-state index contributed by atoms with van der Waals surface area (Å²) in [6, 6.07) is 1.80. The largest absolute Gasteiger partial charge is 0.409 e. The molecule has 0 amide bonds. The molecular formula is C13H22N4O2. The van der Waals surface area contributed by atoms with Gasteiger partial charge in [-0.05, 0) is 39.3 Å². The van der Waals surface area contributed by atoms with Crippen LogP contribution in [0.1, 0.15) is 31.9 Å². The molecule has 1 rings (SSSR count). The van der Waals surface area contributed by atoms with Crippen molar-refractivity contribution in [3.63, 3.8) is 0 Å². The van der Waals surface area contributed by atoms with Gasteiger partial charge in [-0.1, -0.05) is 5.16 Å². The van der Waals surface area contributed by atoms with E-state index in [1.54, 1.807) is 26.1 Å². The molecule has 1 aromatic rings. The molecule has 0 fully saturated rings. The van der Waals surface area contributed by atoms with Gasteiger partial charge in [0, 0.05) is 19.3 Å². The summed E-state index contributed by atoms with van der Waals surface area (Å²) in [4.78, 5) is 6.21. The lowest BCUT2D eigenvalue weighted by Crippen LogP contribution is -2.40. The van der Waals surface area contributed by atoms with Gasteiger partial charge in [0.05, 0.1) is 11.2 Å². The van der Waals surface area contributed by atoms with Gasteiger partial charge in [0.2, 0.25) is 0 Å². The van der Waals surface area contributed by atoms with Gasteiger partial charge in [-0.2, -0.15) is 0 Å². The highest BCUT2D eigenvalue weighted by Crippen LogP contribution is 2.22. The molecule has 1 aromatic heterocycles. The molecule has 0 aliphatic rings. The van der Waals surface area contributed by atoms with Crippen molar-refractivity contribution >= 4 is 11.7 Å². The van der Waals surface area contributed by atoms with Crippen LogP contribution in [0, 0.1) is 6.92 Å². The van der Waals surface area contributed by atoms with Gasteiger partial charge >= 0.3 is 0 Å². The zero-order valence-electron chi connectivity index (χ0n) is 11.9. The summed E-state index contributed by atoms with van der Waals surface area (Å²) in [5.41, 5.74) is 6.33. The Balaban J connectivity index is 3.28. The maximum Gasteiger partial charge on any atom is 0.174 e. The van der Waals surface area contributed by atoms with Gasteiger partial charge < -0.3 is 20.9 Å². The third-order valence-corrected chi connectivity index (χ3v) is 2.76. The number of hydrogen-bond acceptors (Lipinski definition) is 5. The molecule has 0 radical (unpaired) electrons. The minimum atomic E-state index is -0.857. The van der Waals surface area contributed by atoms with Crippen LogP contribution in [0.5, 0.6) is 0 Å². The van der Waals surface area contributed by atoms with Crippen LogP contribution in [0.25, 0.3) is 0 Å². The maximum atomic E-state index is 9.96. The summed E-state index contributed by atoms with van der Waals surface area (Å²) in [5.74, 6) is 0.634. The quantitative estimate of drug-likeness (QED) is 0.321. The van der Waals surface area contributed by atoms with Crippen molar-refractivity contribution in [3.8, 4) is 0 Å². The summed E-state index contributed by atoms with van der Waals surface area (Å²) in [7, 11) is 0. The van der Waals surface area contributed by atoms with E-state index in [1.165, 1.54) is 0 Å². The predicted molar refractivity (Wildman–Crippen MR) is 75.7 cm³/mol. The number of rotatable bonds is 5. The number of anilines is 1. The normalized spacial score (nSPS) is 12.6. The number of aliphatic hydroxyl groups is 1. The van der Waals surface area contributed by atoms with Crippen molar-refractivity contribution < 1.29 is 10.3 Å². The second-order valence-corrected chi connectivity index (χ2v) is 5.14. The molecule has 106 valence electrons. The Kier molecular flexibility index (Phi) is 4.72. The lowest BCUT2D eigenvalue weighted by atomic mass is 10.1. The van der Waals surface area contributed by atoms with E-state index in [2.05, 4.69) is 10.1 Å². The van der Waals surface area contributed by atoms with Crippen LogP contribution in [0.3, 0.4) is 0 Å².